The topological polar surface area (TPSA) is 53.1 Å². The van der Waals surface area contributed by atoms with E-state index >= 15 is 0 Å². The number of nitrogens with zero attached hydrogens (tertiary/aromatic N) is 2. The maximum Gasteiger partial charge on any atom is 0.119 e. The Morgan fingerprint density at radius 2 is 1.90 bits per heavy atom. The Bertz CT molecular complexity index is 765. The van der Waals surface area contributed by atoms with Gasteiger partial charge in [-0.15, -0.1) is 0 Å². The summed E-state index contributed by atoms with van der Waals surface area (Å²) < 4.78 is 6.89. The number of hydrogen-bond acceptors (Lipinski definition) is 3. The van der Waals surface area contributed by atoms with Crippen LogP contribution in [-0.4, -0.2) is 16.9 Å². The predicted octanol–water partition coefficient (Wildman–Crippen LogP) is 3.78. The number of aromatic nitrogens is 2. The van der Waals surface area contributed by atoms with E-state index in [2.05, 4.69) is 5.10 Å². The van der Waals surface area contributed by atoms with Gasteiger partial charge in [0.2, 0.25) is 0 Å². The monoisotopic (exact) mass is 299 g/mol. The standard InChI is InChI=1S/C16H14ClN3O/c1-21-14-7-5-13(6-8-14)20-10-15(18)16(19-20)11-3-2-4-12(17)9-11/h2-10H,18H2,1H3. The number of nitrogens with two attached hydrogens (primary N) is 1. The first-order valence-corrected chi connectivity index (χ1v) is 6.80. The van der Waals surface area contributed by atoms with E-state index < -0.39 is 0 Å². The lowest BCUT2D eigenvalue weighted by atomic mass is 10.1. The quantitative estimate of drug-likeness (QED) is 0.800. The van der Waals surface area contributed by atoms with Gasteiger partial charge in [0.05, 0.1) is 24.7 Å². The number of halogens is 1. The smallest absolute Gasteiger partial charge is 0.119 e. The molecule has 5 heteroatoms. The van der Waals surface area contributed by atoms with E-state index in [9.17, 15) is 0 Å². The highest BCUT2D eigenvalue weighted by atomic mass is 35.5. The van der Waals surface area contributed by atoms with Gasteiger partial charge in [0, 0.05) is 10.6 Å². The van der Waals surface area contributed by atoms with Crippen LogP contribution in [0.5, 0.6) is 5.75 Å². The summed E-state index contributed by atoms with van der Waals surface area (Å²) in [5.41, 5.74) is 9.19. The summed E-state index contributed by atoms with van der Waals surface area (Å²) in [5, 5.41) is 5.20. The zero-order valence-corrected chi connectivity index (χ0v) is 12.2. The Morgan fingerprint density at radius 3 is 2.57 bits per heavy atom. The number of hydrogen-bond donors (Lipinski definition) is 1. The van der Waals surface area contributed by atoms with Crippen LogP contribution >= 0.6 is 11.6 Å². The molecule has 0 aliphatic heterocycles. The first-order chi connectivity index (χ1) is 10.2. The van der Waals surface area contributed by atoms with Crippen molar-refractivity contribution >= 4 is 17.3 Å². The Morgan fingerprint density at radius 1 is 1.14 bits per heavy atom. The molecule has 0 unspecified atom stereocenters. The fourth-order valence-electron chi connectivity index (χ4n) is 2.11. The van der Waals surface area contributed by atoms with Gasteiger partial charge in [0.1, 0.15) is 11.4 Å². The molecule has 3 aromatic rings. The van der Waals surface area contributed by atoms with Gasteiger partial charge >= 0.3 is 0 Å². The minimum absolute atomic E-state index is 0.605. The van der Waals surface area contributed by atoms with Crippen molar-refractivity contribution in [2.24, 2.45) is 0 Å². The zero-order chi connectivity index (χ0) is 14.8. The minimum Gasteiger partial charge on any atom is -0.497 e. The Labute approximate surface area is 127 Å². The van der Waals surface area contributed by atoms with E-state index in [1.165, 1.54) is 0 Å². The summed E-state index contributed by atoms with van der Waals surface area (Å²) in [6.07, 6.45) is 1.79. The third-order valence-electron chi connectivity index (χ3n) is 3.18. The van der Waals surface area contributed by atoms with Crippen LogP contribution in [-0.2, 0) is 0 Å². The molecule has 0 amide bonds. The van der Waals surface area contributed by atoms with Crippen LogP contribution in [0.2, 0.25) is 5.02 Å². The molecule has 21 heavy (non-hydrogen) atoms. The highest BCUT2D eigenvalue weighted by Gasteiger charge is 2.10. The summed E-state index contributed by atoms with van der Waals surface area (Å²) in [5.74, 6) is 0.800. The molecule has 0 saturated heterocycles. The number of anilines is 1. The Hall–Kier alpha value is -2.46. The van der Waals surface area contributed by atoms with Gasteiger partial charge in [0.15, 0.2) is 0 Å². The predicted molar refractivity (Wildman–Crippen MR) is 85.0 cm³/mol. The fourth-order valence-corrected chi connectivity index (χ4v) is 2.30. The molecule has 2 N–H and O–H groups in total. The van der Waals surface area contributed by atoms with Crippen LogP contribution in [0, 0.1) is 0 Å². The molecule has 1 heterocycles. The first kappa shape index (κ1) is 13.5. The van der Waals surface area contributed by atoms with Crippen LogP contribution in [0.25, 0.3) is 16.9 Å². The van der Waals surface area contributed by atoms with Gasteiger partial charge in [-0.05, 0) is 36.4 Å². The second-order valence-electron chi connectivity index (χ2n) is 4.59. The summed E-state index contributed by atoms with van der Waals surface area (Å²) in [4.78, 5) is 0. The van der Waals surface area contributed by atoms with Crippen molar-refractivity contribution in [2.45, 2.75) is 0 Å². The Balaban J connectivity index is 2.00. The second kappa shape index (κ2) is 5.50. The third-order valence-corrected chi connectivity index (χ3v) is 3.41. The zero-order valence-electron chi connectivity index (χ0n) is 11.5. The van der Waals surface area contributed by atoms with Crippen LogP contribution < -0.4 is 10.5 Å². The van der Waals surface area contributed by atoms with Crippen molar-refractivity contribution in [1.82, 2.24) is 9.78 Å². The molecule has 0 radical (unpaired) electrons. The normalized spacial score (nSPS) is 10.6. The van der Waals surface area contributed by atoms with E-state index in [4.69, 9.17) is 22.1 Å². The Kier molecular flexibility index (Phi) is 3.54. The SMILES string of the molecule is COc1ccc(-n2cc(N)c(-c3cccc(Cl)c3)n2)cc1. The van der Waals surface area contributed by atoms with E-state index in [1.54, 1.807) is 18.0 Å². The van der Waals surface area contributed by atoms with Gasteiger partial charge in [-0.2, -0.15) is 5.10 Å². The minimum atomic E-state index is 0.605. The van der Waals surface area contributed by atoms with Gasteiger partial charge in [0.25, 0.3) is 0 Å². The molecule has 0 saturated carbocycles. The highest BCUT2D eigenvalue weighted by Crippen LogP contribution is 2.27. The van der Waals surface area contributed by atoms with Crippen LogP contribution in [0.15, 0.2) is 54.7 Å². The molecule has 1 aromatic heterocycles. The van der Waals surface area contributed by atoms with Crippen molar-refractivity contribution in [3.8, 4) is 22.7 Å². The number of rotatable bonds is 3. The van der Waals surface area contributed by atoms with E-state index in [0.29, 0.717) is 16.4 Å². The molecular weight excluding hydrogens is 286 g/mol. The first-order valence-electron chi connectivity index (χ1n) is 6.43. The summed E-state index contributed by atoms with van der Waals surface area (Å²) in [6.45, 7) is 0. The second-order valence-corrected chi connectivity index (χ2v) is 5.02. The van der Waals surface area contributed by atoms with Crippen molar-refractivity contribution in [2.75, 3.05) is 12.8 Å². The van der Waals surface area contributed by atoms with Gasteiger partial charge in [-0.25, -0.2) is 4.68 Å². The molecular formula is C16H14ClN3O. The molecule has 2 aromatic carbocycles. The molecule has 0 spiro atoms. The molecule has 0 atom stereocenters. The van der Waals surface area contributed by atoms with Gasteiger partial charge in [-0.1, -0.05) is 23.7 Å². The lowest BCUT2D eigenvalue weighted by molar-refractivity contribution is 0.414. The van der Waals surface area contributed by atoms with Crippen molar-refractivity contribution in [3.05, 3.63) is 59.8 Å². The van der Waals surface area contributed by atoms with Gasteiger partial charge in [-0.3, -0.25) is 0 Å². The summed E-state index contributed by atoms with van der Waals surface area (Å²) in [7, 11) is 1.64. The van der Waals surface area contributed by atoms with E-state index in [-0.39, 0.29) is 0 Å². The lowest BCUT2D eigenvalue weighted by Gasteiger charge is -2.03. The lowest BCUT2D eigenvalue weighted by Crippen LogP contribution is -1.95. The average Bonchev–Trinajstić information content (AvgIpc) is 2.89. The number of methoxy groups -OCH3 is 1. The molecule has 0 aliphatic rings. The summed E-state index contributed by atoms with van der Waals surface area (Å²) >= 11 is 6.01. The van der Waals surface area contributed by atoms with Crippen molar-refractivity contribution in [3.63, 3.8) is 0 Å². The molecule has 106 valence electrons. The largest absolute Gasteiger partial charge is 0.497 e. The number of ether oxygens (including phenoxy) is 1. The molecule has 0 fully saturated rings. The average molecular weight is 300 g/mol. The van der Waals surface area contributed by atoms with Crippen molar-refractivity contribution in [1.29, 1.82) is 0 Å². The van der Waals surface area contributed by atoms with Crippen molar-refractivity contribution < 1.29 is 4.74 Å². The molecule has 0 aliphatic carbocycles. The highest BCUT2D eigenvalue weighted by molar-refractivity contribution is 6.30. The maximum atomic E-state index is 6.07. The van der Waals surface area contributed by atoms with Crippen LogP contribution in [0.3, 0.4) is 0 Å². The molecule has 0 bridgehead atoms. The third kappa shape index (κ3) is 2.71. The maximum absolute atomic E-state index is 6.07. The number of nitrogen functional groups attached to an aromatic ring is 1. The summed E-state index contributed by atoms with van der Waals surface area (Å²) in [6, 6.07) is 15.1. The van der Waals surface area contributed by atoms with Crippen LogP contribution in [0.4, 0.5) is 5.69 Å². The molecule has 4 nitrogen and oxygen atoms in total. The van der Waals surface area contributed by atoms with E-state index in [1.807, 2.05) is 48.5 Å². The van der Waals surface area contributed by atoms with Crippen LogP contribution in [0.1, 0.15) is 0 Å². The number of benzene rings is 2. The van der Waals surface area contributed by atoms with Gasteiger partial charge < -0.3 is 10.5 Å². The molecule has 3 rings (SSSR count). The fraction of sp³-hybridized carbons (Fsp3) is 0.0625. The van der Waals surface area contributed by atoms with E-state index in [0.717, 1.165) is 17.0 Å².